The van der Waals surface area contributed by atoms with Crippen molar-refractivity contribution < 1.29 is 0 Å². The fraction of sp³-hybridized carbons (Fsp3) is 0.0820. The van der Waals surface area contributed by atoms with Crippen LogP contribution in [0.15, 0.2) is 200 Å². The van der Waals surface area contributed by atoms with Crippen molar-refractivity contribution in [2.45, 2.75) is 32.1 Å². The van der Waals surface area contributed by atoms with Gasteiger partial charge in [0, 0.05) is 43.3 Å². The molecule has 0 fully saturated rings. The lowest BCUT2D eigenvalue weighted by Crippen LogP contribution is -2.60. The first-order valence-electron chi connectivity index (χ1n) is 23.0. The van der Waals surface area contributed by atoms with Crippen molar-refractivity contribution >= 4 is 78.0 Å². The van der Waals surface area contributed by atoms with E-state index in [4.69, 9.17) is 0 Å². The molecule has 0 saturated carbocycles. The van der Waals surface area contributed by atoms with E-state index in [9.17, 15) is 0 Å². The van der Waals surface area contributed by atoms with Crippen LogP contribution in [0.5, 0.6) is 0 Å². The van der Waals surface area contributed by atoms with Gasteiger partial charge in [-0.15, -0.1) is 11.3 Å². The first kappa shape index (κ1) is 37.0. The average Bonchev–Trinajstić information content (AvgIpc) is 3.97. The second kappa shape index (κ2) is 13.6. The Morgan fingerprint density at radius 1 is 0.477 bits per heavy atom. The number of anilines is 6. The summed E-state index contributed by atoms with van der Waals surface area (Å²) < 4.78 is 2.72. The molecule has 2 aliphatic carbocycles. The fourth-order valence-corrected chi connectivity index (χ4v) is 13.5. The van der Waals surface area contributed by atoms with Gasteiger partial charge in [0.25, 0.3) is 6.71 Å². The van der Waals surface area contributed by atoms with Crippen LogP contribution in [0.25, 0.3) is 43.5 Å². The molecule has 0 atom stereocenters. The van der Waals surface area contributed by atoms with E-state index in [1.165, 1.54) is 121 Å². The van der Waals surface area contributed by atoms with Crippen molar-refractivity contribution in [2.24, 2.45) is 0 Å². The zero-order chi connectivity index (χ0) is 43.1. The predicted molar refractivity (Wildman–Crippen MR) is 276 cm³/mol. The van der Waals surface area contributed by atoms with Crippen LogP contribution in [0.3, 0.4) is 0 Å². The smallest absolute Gasteiger partial charge is 0.264 e. The van der Waals surface area contributed by atoms with Crippen LogP contribution in [0.1, 0.15) is 53.1 Å². The highest BCUT2D eigenvalue weighted by atomic mass is 32.1. The highest BCUT2D eigenvalue weighted by Crippen LogP contribution is 2.64. The molecule has 14 rings (SSSR count). The van der Waals surface area contributed by atoms with Gasteiger partial charge in [-0.2, -0.15) is 0 Å². The number of nitrogens with zero attached hydrogens (tertiary/aromatic N) is 2. The lowest BCUT2D eigenvalue weighted by Gasteiger charge is -2.43. The predicted octanol–water partition coefficient (Wildman–Crippen LogP) is 14.4. The van der Waals surface area contributed by atoms with E-state index < -0.39 is 5.41 Å². The van der Waals surface area contributed by atoms with E-state index in [1.54, 1.807) is 0 Å². The molecule has 306 valence electrons. The molecular weight excluding hydrogens is 804 g/mol. The van der Waals surface area contributed by atoms with Gasteiger partial charge in [-0.3, -0.25) is 0 Å². The molecule has 0 N–H and O–H groups in total. The summed E-state index contributed by atoms with van der Waals surface area (Å²) in [4.78, 5) is 5.13. The number of fused-ring (bicyclic) bond motifs is 16. The molecule has 9 aromatic carbocycles. The molecule has 2 aliphatic heterocycles. The van der Waals surface area contributed by atoms with Crippen molar-refractivity contribution in [2.75, 3.05) is 9.80 Å². The molecule has 1 aromatic heterocycles. The molecule has 0 unspecified atom stereocenters. The average molecular weight is 847 g/mol. The Kier molecular flexibility index (Phi) is 7.72. The van der Waals surface area contributed by atoms with Crippen molar-refractivity contribution in [3.8, 4) is 33.4 Å². The molecule has 10 aromatic rings. The van der Waals surface area contributed by atoms with Crippen molar-refractivity contribution in [3.05, 3.63) is 234 Å². The molecule has 0 saturated heterocycles. The van der Waals surface area contributed by atoms with Gasteiger partial charge in [0.2, 0.25) is 0 Å². The summed E-state index contributed by atoms with van der Waals surface area (Å²) in [5, 5.41) is 1.31. The number of hydrogen-bond donors (Lipinski definition) is 0. The van der Waals surface area contributed by atoms with Crippen LogP contribution in [0, 0.1) is 6.92 Å². The Balaban J connectivity index is 1.10. The Morgan fingerprint density at radius 2 is 1.06 bits per heavy atom. The molecular formula is C61H43BN2S. The zero-order valence-corrected chi connectivity index (χ0v) is 37.3. The summed E-state index contributed by atoms with van der Waals surface area (Å²) >= 11 is 2.00. The van der Waals surface area contributed by atoms with E-state index in [0.29, 0.717) is 5.92 Å². The molecule has 4 aliphatic rings. The van der Waals surface area contributed by atoms with Gasteiger partial charge >= 0.3 is 0 Å². The number of hydrogen-bond acceptors (Lipinski definition) is 3. The van der Waals surface area contributed by atoms with Crippen LogP contribution in [0.4, 0.5) is 34.1 Å². The van der Waals surface area contributed by atoms with Crippen molar-refractivity contribution in [1.29, 1.82) is 0 Å². The summed E-state index contributed by atoms with van der Waals surface area (Å²) in [7, 11) is 0. The van der Waals surface area contributed by atoms with E-state index in [-0.39, 0.29) is 6.71 Å². The third-order valence-electron chi connectivity index (χ3n) is 14.8. The Labute approximate surface area is 384 Å². The minimum absolute atomic E-state index is 0.0327. The topological polar surface area (TPSA) is 6.48 Å². The van der Waals surface area contributed by atoms with Crippen molar-refractivity contribution in [1.82, 2.24) is 0 Å². The molecule has 0 radical (unpaired) electrons. The number of aryl methyl sites for hydroxylation is 1. The summed E-state index contributed by atoms with van der Waals surface area (Å²) in [5.41, 5.74) is 25.6. The Morgan fingerprint density at radius 3 is 1.74 bits per heavy atom. The standard InChI is InChI=1S/C61H43BN2S/c1-37(2)40-27-29-46-47-35-48-57(36-52(47)61(51(46)33-40)49-25-15-13-23-44(49)45-24-14-16-26-50(45)61)65-60-59(48)64(43-21-11-6-12-22-43)56-32-38(3)31-55-58(56)62(60)53-30-28-41(39-17-7-4-8-18-39)34-54(53)63(55)42-19-9-5-10-20-42/h4-37H,1-3H3. The minimum Gasteiger partial charge on any atom is -0.311 e. The summed E-state index contributed by atoms with van der Waals surface area (Å²) in [6.45, 7) is 6.94. The largest absolute Gasteiger partial charge is 0.311 e. The highest BCUT2D eigenvalue weighted by Gasteiger charge is 2.53. The third kappa shape index (κ3) is 4.95. The SMILES string of the molecule is Cc1cc2c3c(c1)N(c1ccccc1)c1c(sc4cc5c(cc14)-c1ccc(C(C)C)cc1C51c4ccccc4-c4ccccc41)B3c1ccc(-c3ccccc3)cc1N2c1ccccc1. The van der Waals surface area contributed by atoms with Gasteiger partial charge in [-0.25, -0.2) is 0 Å². The second-order valence-corrected chi connectivity index (χ2v) is 19.7. The third-order valence-corrected chi connectivity index (χ3v) is 16.1. The minimum atomic E-state index is -0.421. The molecule has 4 heteroatoms. The van der Waals surface area contributed by atoms with Crippen LogP contribution < -0.4 is 25.5 Å². The van der Waals surface area contributed by atoms with Gasteiger partial charge in [-0.05, 0) is 145 Å². The molecule has 3 heterocycles. The molecule has 65 heavy (non-hydrogen) atoms. The van der Waals surface area contributed by atoms with E-state index in [0.717, 1.165) is 5.69 Å². The van der Waals surface area contributed by atoms with Crippen molar-refractivity contribution in [3.63, 3.8) is 0 Å². The fourth-order valence-electron chi connectivity index (χ4n) is 12.1. The van der Waals surface area contributed by atoms with Crippen LogP contribution in [-0.2, 0) is 5.41 Å². The Hall–Kier alpha value is -7.40. The highest BCUT2D eigenvalue weighted by molar-refractivity contribution is 7.33. The normalized spacial score (nSPS) is 14.2. The quantitative estimate of drug-likeness (QED) is 0.163. The van der Waals surface area contributed by atoms with E-state index in [1.807, 2.05) is 11.3 Å². The maximum Gasteiger partial charge on any atom is 0.264 e. The van der Waals surface area contributed by atoms with Gasteiger partial charge < -0.3 is 9.80 Å². The van der Waals surface area contributed by atoms with Gasteiger partial charge in [-0.1, -0.05) is 159 Å². The number of benzene rings is 9. The number of rotatable bonds is 4. The maximum absolute atomic E-state index is 2.61. The molecule has 1 spiro atoms. The van der Waals surface area contributed by atoms with Crippen LogP contribution >= 0.6 is 11.3 Å². The second-order valence-electron chi connectivity index (χ2n) is 18.6. The summed E-state index contributed by atoms with van der Waals surface area (Å²) in [6.07, 6.45) is 0. The Bertz CT molecular complexity index is 3560. The molecule has 2 nitrogen and oxygen atoms in total. The maximum atomic E-state index is 2.61. The van der Waals surface area contributed by atoms with Gasteiger partial charge in [0.15, 0.2) is 0 Å². The monoisotopic (exact) mass is 846 g/mol. The van der Waals surface area contributed by atoms with E-state index >= 15 is 0 Å². The van der Waals surface area contributed by atoms with Crippen LogP contribution in [-0.4, -0.2) is 6.71 Å². The number of thiophene rings is 1. The summed E-state index contributed by atoms with van der Waals surface area (Å²) in [5.74, 6) is 0.413. The van der Waals surface area contributed by atoms with E-state index in [2.05, 4.69) is 231 Å². The first-order chi connectivity index (χ1) is 32.0. The number of para-hydroxylation sites is 2. The lowest BCUT2D eigenvalue weighted by atomic mass is 9.36. The van der Waals surface area contributed by atoms with Gasteiger partial charge in [0.05, 0.1) is 11.1 Å². The zero-order valence-electron chi connectivity index (χ0n) is 36.5. The lowest BCUT2D eigenvalue weighted by molar-refractivity contribution is 0.785. The van der Waals surface area contributed by atoms with Crippen LogP contribution in [0.2, 0.25) is 0 Å². The molecule has 0 bridgehead atoms. The molecule has 0 amide bonds. The first-order valence-corrected chi connectivity index (χ1v) is 23.8. The summed E-state index contributed by atoms with van der Waals surface area (Å²) in [6, 6.07) is 75.9. The van der Waals surface area contributed by atoms with Gasteiger partial charge in [0.1, 0.15) is 0 Å².